The van der Waals surface area contributed by atoms with Gasteiger partial charge in [0.15, 0.2) is 0 Å². The SMILES string of the molecule is CC(C)(C)CC(C)(C)c1ccc(O)c(C23CC4CC(CC(C4)C2)C3)c1. The molecule has 0 unspecified atom stereocenters. The molecule has 0 spiro atoms. The molecular formula is C24H36O. The van der Waals surface area contributed by atoms with E-state index >= 15 is 0 Å². The maximum Gasteiger partial charge on any atom is 0.119 e. The second kappa shape index (κ2) is 5.51. The van der Waals surface area contributed by atoms with E-state index in [2.05, 4.69) is 46.8 Å². The average Bonchev–Trinajstić information content (AvgIpc) is 2.43. The smallest absolute Gasteiger partial charge is 0.119 e. The van der Waals surface area contributed by atoms with E-state index in [1.807, 2.05) is 6.07 Å². The van der Waals surface area contributed by atoms with Gasteiger partial charge in [0, 0.05) is 5.56 Å². The molecule has 1 nitrogen and oxygen atoms in total. The summed E-state index contributed by atoms with van der Waals surface area (Å²) in [7, 11) is 0. The highest BCUT2D eigenvalue weighted by Crippen LogP contribution is 2.62. The van der Waals surface area contributed by atoms with Crippen LogP contribution in [0.15, 0.2) is 18.2 Å². The Kier molecular flexibility index (Phi) is 3.84. The van der Waals surface area contributed by atoms with Gasteiger partial charge in [0.25, 0.3) is 0 Å². The van der Waals surface area contributed by atoms with Crippen molar-refractivity contribution in [2.24, 2.45) is 23.2 Å². The van der Waals surface area contributed by atoms with Gasteiger partial charge in [-0.15, -0.1) is 0 Å². The van der Waals surface area contributed by atoms with E-state index in [1.165, 1.54) is 49.7 Å². The fourth-order valence-corrected chi connectivity index (χ4v) is 7.25. The summed E-state index contributed by atoms with van der Waals surface area (Å²) in [5.74, 6) is 3.29. The molecular weight excluding hydrogens is 304 g/mol. The van der Waals surface area contributed by atoms with Crippen molar-refractivity contribution in [1.29, 1.82) is 0 Å². The second-order valence-corrected chi connectivity index (χ2v) is 11.6. The Bertz CT molecular complexity index is 626. The lowest BCUT2D eigenvalue weighted by Gasteiger charge is -2.57. The molecule has 4 saturated carbocycles. The van der Waals surface area contributed by atoms with Gasteiger partial charge >= 0.3 is 0 Å². The van der Waals surface area contributed by atoms with Crippen LogP contribution in [-0.4, -0.2) is 5.11 Å². The molecule has 0 amide bonds. The van der Waals surface area contributed by atoms with Gasteiger partial charge in [0.05, 0.1) is 0 Å². The van der Waals surface area contributed by atoms with E-state index in [0.29, 0.717) is 11.2 Å². The summed E-state index contributed by atoms with van der Waals surface area (Å²) in [6.45, 7) is 11.7. The molecule has 1 aromatic rings. The molecule has 0 aromatic heterocycles. The van der Waals surface area contributed by atoms with Gasteiger partial charge in [0.2, 0.25) is 0 Å². The molecule has 138 valence electrons. The maximum atomic E-state index is 10.8. The van der Waals surface area contributed by atoms with Crippen molar-refractivity contribution >= 4 is 0 Å². The van der Waals surface area contributed by atoms with Crippen LogP contribution in [0.5, 0.6) is 5.75 Å². The molecule has 0 aliphatic heterocycles. The molecule has 1 aromatic carbocycles. The zero-order valence-corrected chi connectivity index (χ0v) is 16.9. The molecule has 0 saturated heterocycles. The lowest BCUT2D eigenvalue weighted by atomic mass is 9.48. The summed E-state index contributed by atoms with van der Waals surface area (Å²) in [5.41, 5.74) is 3.41. The molecule has 0 atom stereocenters. The van der Waals surface area contributed by atoms with E-state index in [1.54, 1.807) is 0 Å². The van der Waals surface area contributed by atoms with Gasteiger partial charge in [-0.3, -0.25) is 0 Å². The lowest BCUT2D eigenvalue weighted by molar-refractivity contribution is -0.00620. The van der Waals surface area contributed by atoms with Crippen molar-refractivity contribution in [2.75, 3.05) is 0 Å². The van der Waals surface area contributed by atoms with Crippen LogP contribution in [0.25, 0.3) is 0 Å². The molecule has 0 heterocycles. The van der Waals surface area contributed by atoms with Crippen LogP contribution in [0, 0.1) is 23.2 Å². The van der Waals surface area contributed by atoms with Crippen LogP contribution >= 0.6 is 0 Å². The summed E-state index contributed by atoms with van der Waals surface area (Å²) >= 11 is 0. The molecule has 4 bridgehead atoms. The minimum atomic E-state index is 0.142. The first-order valence-electron chi connectivity index (χ1n) is 10.4. The topological polar surface area (TPSA) is 20.2 Å². The average molecular weight is 341 g/mol. The third kappa shape index (κ3) is 3.13. The molecule has 0 radical (unpaired) electrons. The van der Waals surface area contributed by atoms with Crippen molar-refractivity contribution < 1.29 is 5.11 Å². The fraction of sp³-hybridized carbons (Fsp3) is 0.750. The number of aromatic hydroxyl groups is 1. The summed E-state index contributed by atoms with van der Waals surface area (Å²) in [5, 5.41) is 10.8. The van der Waals surface area contributed by atoms with Crippen LogP contribution in [0.3, 0.4) is 0 Å². The Morgan fingerprint density at radius 3 is 1.92 bits per heavy atom. The molecule has 4 fully saturated rings. The Labute approximate surface area is 154 Å². The minimum absolute atomic E-state index is 0.142. The van der Waals surface area contributed by atoms with Crippen molar-refractivity contribution in [3.8, 4) is 5.75 Å². The highest BCUT2D eigenvalue weighted by molar-refractivity contribution is 5.45. The first kappa shape index (κ1) is 17.4. The van der Waals surface area contributed by atoms with Crippen LogP contribution in [0.2, 0.25) is 0 Å². The van der Waals surface area contributed by atoms with E-state index in [4.69, 9.17) is 0 Å². The summed E-state index contributed by atoms with van der Waals surface area (Å²) in [4.78, 5) is 0. The van der Waals surface area contributed by atoms with E-state index < -0.39 is 0 Å². The number of rotatable bonds is 3. The van der Waals surface area contributed by atoms with Gasteiger partial charge in [-0.1, -0.05) is 46.8 Å². The van der Waals surface area contributed by atoms with Crippen LogP contribution in [-0.2, 0) is 10.8 Å². The van der Waals surface area contributed by atoms with Crippen molar-refractivity contribution in [1.82, 2.24) is 0 Å². The minimum Gasteiger partial charge on any atom is -0.508 e. The number of hydrogen-bond acceptors (Lipinski definition) is 1. The van der Waals surface area contributed by atoms with Crippen LogP contribution in [0.1, 0.15) is 90.7 Å². The van der Waals surface area contributed by atoms with E-state index in [9.17, 15) is 5.11 Å². The van der Waals surface area contributed by atoms with Gasteiger partial charge in [-0.05, 0) is 90.6 Å². The first-order valence-corrected chi connectivity index (χ1v) is 10.4. The van der Waals surface area contributed by atoms with Crippen molar-refractivity contribution in [2.45, 2.75) is 90.4 Å². The third-order valence-corrected chi connectivity index (χ3v) is 7.36. The predicted octanol–water partition coefficient (Wildman–Crippen LogP) is 6.57. The first-order chi connectivity index (χ1) is 11.6. The zero-order chi connectivity index (χ0) is 18.0. The van der Waals surface area contributed by atoms with Crippen molar-refractivity contribution in [3.63, 3.8) is 0 Å². The monoisotopic (exact) mass is 340 g/mol. The normalized spacial score (nSPS) is 34.5. The Morgan fingerprint density at radius 2 is 1.44 bits per heavy atom. The van der Waals surface area contributed by atoms with Crippen LogP contribution in [0.4, 0.5) is 0 Å². The molecule has 1 N–H and O–H groups in total. The van der Waals surface area contributed by atoms with Gasteiger partial charge in [-0.25, -0.2) is 0 Å². The Balaban J connectivity index is 1.71. The Morgan fingerprint density at radius 1 is 0.920 bits per heavy atom. The summed E-state index contributed by atoms with van der Waals surface area (Å²) in [6.07, 6.45) is 9.46. The zero-order valence-electron chi connectivity index (χ0n) is 16.9. The van der Waals surface area contributed by atoms with Gasteiger partial charge in [0.1, 0.15) is 5.75 Å². The maximum absolute atomic E-state index is 10.8. The highest BCUT2D eigenvalue weighted by Gasteiger charge is 2.52. The molecule has 5 rings (SSSR count). The van der Waals surface area contributed by atoms with Crippen molar-refractivity contribution in [3.05, 3.63) is 29.3 Å². The largest absolute Gasteiger partial charge is 0.508 e. The number of hydrogen-bond donors (Lipinski definition) is 1. The standard InChI is InChI=1S/C24H36O/c1-22(2,3)15-23(4,5)19-6-7-21(25)20(11-19)24-12-16-8-17(13-24)10-18(9-16)14-24/h6-7,11,16-18,25H,8-10,12-15H2,1-5H3. The lowest BCUT2D eigenvalue weighted by Crippen LogP contribution is -2.48. The molecule has 4 aliphatic rings. The van der Waals surface area contributed by atoms with Crippen LogP contribution < -0.4 is 0 Å². The van der Waals surface area contributed by atoms with E-state index in [0.717, 1.165) is 24.2 Å². The predicted molar refractivity (Wildman–Crippen MR) is 105 cm³/mol. The quantitative estimate of drug-likeness (QED) is 0.659. The summed E-state index contributed by atoms with van der Waals surface area (Å²) < 4.78 is 0. The summed E-state index contributed by atoms with van der Waals surface area (Å²) in [6, 6.07) is 6.56. The van der Waals surface area contributed by atoms with E-state index in [-0.39, 0.29) is 10.8 Å². The molecule has 4 aliphatic carbocycles. The Hall–Kier alpha value is -0.980. The number of benzene rings is 1. The van der Waals surface area contributed by atoms with Gasteiger partial charge < -0.3 is 5.11 Å². The number of phenolic OH excluding ortho intramolecular Hbond substituents is 1. The number of phenols is 1. The molecule has 25 heavy (non-hydrogen) atoms. The fourth-order valence-electron chi connectivity index (χ4n) is 7.25. The third-order valence-electron chi connectivity index (χ3n) is 7.36. The second-order valence-electron chi connectivity index (χ2n) is 11.6. The molecule has 1 heteroatoms. The highest BCUT2D eigenvalue weighted by atomic mass is 16.3. The van der Waals surface area contributed by atoms with Gasteiger partial charge in [-0.2, -0.15) is 0 Å².